The number of carbonyl (C=O) groups is 2. The van der Waals surface area contributed by atoms with Crippen LogP contribution < -0.4 is 14.5 Å². The van der Waals surface area contributed by atoms with Gasteiger partial charge in [0.25, 0.3) is 0 Å². The van der Waals surface area contributed by atoms with Crippen LogP contribution in [0.3, 0.4) is 0 Å². The van der Waals surface area contributed by atoms with E-state index in [0.717, 1.165) is 27.5 Å². The molecule has 0 aliphatic carbocycles. The van der Waals surface area contributed by atoms with Crippen molar-refractivity contribution in [3.63, 3.8) is 0 Å². The van der Waals surface area contributed by atoms with Crippen LogP contribution in [0.15, 0.2) is 109 Å². The molecule has 6 rings (SSSR count). The predicted octanol–water partition coefficient (Wildman–Crippen LogP) is 7.18. The summed E-state index contributed by atoms with van der Waals surface area (Å²) in [5, 5.41) is 5.26. The highest BCUT2D eigenvalue weighted by Crippen LogP contribution is 2.41. The highest BCUT2D eigenvalue weighted by Gasteiger charge is 2.29. The number of carbonyl (C=O) groups excluding carboxylic acids is 2. The van der Waals surface area contributed by atoms with Gasteiger partial charge in [-0.2, -0.15) is 0 Å². The van der Waals surface area contributed by atoms with Gasteiger partial charge in [-0.05, 0) is 53.3 Å². The second kappa shape index (κ2) is 11.6. The molecule has 0 radical (unpaired) electrons. The molecule has 0 unspecified atom stereocenters. The van der Waals surface area contributed by atoms with Gasteiger partial charge in [0.15, 0.2) is 0 Å². The van der Waals surface area contributed by atoms with Gasteiger partial charge in [-0.1, -0.05) is 90.5 Å². The van der Waals surface area contributed by atoms with E-state index in [-0.39, 0.29) is 24.0 Å². The van der Waals surface area contributed by atoms with Crippen LogP contribution in [0.25, 0.3) is 21.9 Å². The van der Waals surface area contributed by atoms with Crippen LogP contribution in [-0.4, -0.2) is 33.0 Å². The molecular formula is C34H28ClN3O4S. The molecule has 0 bridgehead atoms. The van der Waals surface area contributed by atoms with Crippen LogP contribution in [0.4, 0.5) is 22.7 Å². The first-order valence-electron chi connectivity index (χ1n) is 13.8. The van der Waals surface area contributed by atoms with E-state index in [1.54, 1.807) is 30.1 Å². The number of fused-ring (bicyclic) bond motifs is 3. The quantitative estimate of drug-likeness (QED) is 0.198. The molecule has 216 valence electrons. The van der Waals surface area contributed by atoms with Crippen LogP contribution >= 0.6 is 11.6 Å². The van der Waals surface area contributed by atoms with E-state index >= 15 is 0 Å². The predicted molar refractivity (Wildman–Crippen MR) is 174 cm³/mol. The third-order valence-corrected chi connectivity index (χ3v) is 9.78. The van der Waals surface area contributed by atoms with Gasteiger partial charge in [-0.25, -0.2) is 8.42 Å². The van der Waals surface area contributed by atoms with E-state index in [2.05, 4.69) is 5.32 Å². The van der Waals surface area contributed by atoms with Gasteiger partial charge in [-0.15, -0.1) is 0 Å². The summed E-state index contributed by atoms with van der Waals surface area (Å²) in [5.74, 6) is -0.809. The summed E-state index contributed by atoms with van der Waals surface area (Å²) in [7, 11) is -2.12. The first kappa shape index (κ1) is 28.5. The fraction of sp³-hybridized carbons (Fsp3) is 0.118. The Balaban J connectivity index is 1.32. The third-order valence-electron chi connectivity index (χ3n) is 7.66. The Morgan fingerprint density at radius 3 is 2.33 bits per heavy atom. The smallest absolute Gasteiger partial charge is 0.241 e. The molecule has 2 amide bonds. The van der Waals surface area contributed by atoms with Crippen molar-refractivity contribution in [3.8, 4) is 11.1 Å². The molecule has 1 aliphatic heterocycles. The lowest BCUT2D eigenvalue weighted by Crippen LogP contribution is -2.30. The van der Waals surface area contributed by atoms with Crippen molar-refractivity contribution >= 4 is 67.0 Å². The van der Waals surface area contributed by atoms with Crippen LogP contribution in [0.1, 0.15) is 12.0 Å². The van der Waals surface area contributed by atoms with E-state index in [9.17, 15) is 18.0 Å². The number of nitrogens with zero attached hydrogens (tertiary/aromatic N) is 2. The topological polar surface area (TPSA) is 86.8 Å². The van der Waals surface area contributed by atoms with Crippen LogP contribution in [0, 0.1) is 0 Å². The maximum absolute atomic E-state index is 13.4. The Labute approximate surface area is 255 Å². The Morgan fingerprint density at radius 1 is 0.837 bits per heavy atom. The number of sulfonamides is 1. The minimum absolute atomic E-state index is 0.0988. The number of para-hydroxylation sites is 1. The van der Waals surface area contributed by atoms with Crippen molar-refractivity contribution in [1.29, 1.82) is 0 Å². The molecular weight excluding hydrogens is 582 g/mol. The molecule has 7 nitrogen and oxygen atoms in total. The summed E-state index contributed by atoms with van der Waals surface area (Å²) in [6.45, 7) is 0. The monoisotopic (exact) mass is 609 g/mol. The zero-order chi connectivity index (χ0) is 30.1. The number of hydrogen-bond donors (Lipinski definition) is 1. The number of rotatable bonds is 7. The third kappa shape index (κ3) is 5.59. The lowest BCUT2D eigenvalue weighted by Gasteiger charge is -2.24. The first-order chi connectivity index (χ1) is 20.7. The first-order valence-corrected chi connectivity index (χ1v) is 15.8. The number of amides is 2. The number of aryl methyl sites for hydroxylation is 1. The van der Waals surface area contributed by atoms with Crippen LogP contribution in [0.5, 0.6) is 0 Å². The number of benzene rings is 5. The van der Waals surface area contributed by atoms with Crippen molar-refractivity contribution in [3.05, 3.63) is 120 Å². The van der Waals surface area contributed by atoms with E-state index in [1.165, 1.54) is 4.31 Å². The van der Waals surface area contributed by atoms with Gasteiger partial charge >= 0.3 is 0 Å². The number of anilines is 4. The fourth-order valence-corrected chi connectivity index (χ4v) is 6.85. The summed E-state index contributed by atoms with van der Waals surface area (Å²) >= 11 is 6.25. The lowest BCUT2D eigenvalue weighted by atomic mass is 10.0. The van der Waals surface area contributed by atoms with Crippen molar-refractivity contribution < 1.29 is 18.0 Å². The van der Waals surface area contributed by atoms with Crippen molar-refractivity contribution in [2.75, 3.05) is 27.3 Å². The highest BCUT2D eigenvalue weighted by molar-refractivity contribution is 7.92. The van der Waals surface area contributed by atoms with E-state index in [1.807, 2.05) is 91.0 Å². The molecule has 5 aromatic carbocycles. The summed E-state index contributed by atoms with van der Waals surface area (Å²) in [6, 6.07) is 33.3. The molecule has 0 atom stereocenters. The maximum atomic E-state index is 13.4. The number of nitrogens with one attached hydrogen (secondary N) is 1. The SMILES string of the molecule is CN(c1ccccc1-c1ccc(N2C(=O)CC(=O)Nc3c2ccc2ccccc32)cc1)S(=O)(=O)CCc1ccccc1Cl. The largest absolute Gasteiger partial charge is 0.323 e. The molecule has 0 saturated carbocycles. The van der Waals surface area contributed by atoms with Gasteiger partial charge in [0.2, 0.25) is 21.8 Å². The van der Waals surface area contributed by atoms with Gasteiger partial charge < -0.3 is 5.32 Å². The molecule has 0 spiro atoms. The maximum Gasteiger partial charge on any atom is 0.241 e. The molecule has 1 N–H and O–H groups in total. The molecule has 0 fully saturated rings. The molecule has 43 heavy (non-hydrogen) atoms. The summed E-state index contributed by atoms with van der Waals surface area (Å²) in [4.78, 5) is 27.5. The Kier molecular flexibility index (Phi) is 7.64. The Morgan fingerprint density at radius 2 is 1.53 bits per heavy atom. The number of hydrogen-bond acceptors (Lipinski definition) is 4. The van der Waals surface area contributed by atoms with Gasteiger partial charge in [0.05, 0.1) is 22.8 Å². The van der Waals surface area contributed by atoms with E-state index < -0.39 is 10.0 Å². The minimum Gasteiger partial charge on any atom is -0.323 e. The Hall–Kier alpha value is -4.66. The highest BCUT2D eigenvalue weighted by atomic mass is 35.5. The number of halogens is 1. The second-order valence-corrected chi connectivity index (χ2v) is 12.9. The average Bonchev–Trinajstić information content (AvgIpc) is 3.14. The van der Waals surface area contributed by atoms with Crippen molar-refractivity contribution in [2.24, 2.45) is 0 Å². The molecule has 5 aromatic rings. The zero-order valence-corrected chi connectivity index (χ0v) is 24.9. The zero-order valence-electron chi connectivity index (χ0n) is 23.3. The van der Waals surface area contributed by atoms with Crippen LogP contribution in [0.2, 0.25) is 5.02 Å². The van der Waals surface area contributed by atoms with E-state index in [4.69, 9.17) is 11.6 Å². The van der Waals surface area contributed by atoms with Crippen LogP contribution in [-0.2, 0) is 26.0 Å². The standard InChI is InChI=1S/C34H28ClN3O4S/c1-37(43(41,42)21-20-25-9-3-6-12-29(25)35)30-13-7-5-10-27(30)24-14-17-26(18-15-24)38-31-19-16-23-8-2-4-11-28(23)34(31)36-32(39)22-33(38)40/h2-19H,20-22H2,1H3,(H,36,39). The fourth-order valence-electron chi connectivity index (χ4n) is 5.40. The summed E-state index contributed by atoms with van der Waals surface area (Å²) in [5.41, 5.74) is 4.59. The minimum atomic E-state index is -3.67. The van der Waals surface area contributed by atoms with Crippen molar-refractivity contribution in [2.45, 2.75) is 12.8 Å². The summed E-state index contributed by atoms with van der Waals surface area (Å²) in [6.07, 6.45) is 0.00559. The molecule has 1 heterocycles. The van der Waals surface area contributed by atoms with Gasteiger partial charge in [-0.3, -0.25) is 18.8 Å². The molecule has 1 aliphatic rings. The van der Waals surface area contributed by atoms with Crippen molar-refractivity contribution in [1.82, 2.24) is 0 Å². The summed E-state index contributed by atoms with van der Waals surface area (Å²) < 4.78 is 28.1. The normalized spacial score (nSPS) is 13.4. The second-order valence-electron chi connectivity index (χ2n) is 10.3. The van der Waals surface area contributed by atoms with E-state index in [0.29, 0.717) is 34.2 Å². The Bertz CT molecular complexity index is 1980. The lowest BCUT2D eigenvalue weighted by molar-refractivity contribution is -0.124. The van der Waals surface area contributed by atoms with Gasteiger partial charge in [0.1, 0.15) is 6.42 Å². The average molecular weight is 610 g/mol. The molecule has 0 aromatic heterocycles. The molecule has 9 heteroatoms. The molecule has 0 saturated heterocycles. The van der Waals surface area contributed by atoms with Gasteiger partial charge in [0, 0.05) is 28.7 Å².